The molecule has 10 heteroatoms. The molecule has 0 fully saturated rings. The van der Waals surface area contributed by atoms with Gasteiger partial charge in [-0.05, 0) is 25.7 Å². The zero-order valence-corrected chi connectivity index (χ0v) is 15.0. The van der Waals surface area contributed by atoms with Gasteiger partial charge in [0.05, 0.1) is 6.04 Å². The topological polar surface area (TPSA) is 186 Å². The van der Waals surface area contributed by atoms with Crippen molar-refractivity contribution in [3.05, 3.63) is 0 Å². The van der Waals surface area contributed by atoms with E-state index in [0.717, 1.165) is 0 Å². The van der Waals surface area contributed by atoms with Crippen molar-refractivity contribution in [3.63, 3.8) is 0 Å². The number of rotatable bonds is 11. The number of nitrogens with two attached hydrogens (primary N) is 3. The van der Waals surface area contributed by atoms with Gasteiger partial charge in [0.2, 0.25) is 11.8 Å². The monoisotopic (exact) mass is 358 g/mol. The van der Waals surface area contributed by atoms with Crippen LogP contribution in [0.3, 0.4) is 0 Å². The molecule has 0 aromatic rings. The number of carboxylic acids is 1. The summed E-state index contributed by atoms with van der Waals surface area (Å²) in [5, 5.41) is 13.8. The van der Waals surface area contributed by atoms with Crippen LogP contribution in [-0.2, 0) is 14.4 Å². The van der Waals surface area contributed by atoms with E-state index in [2.05, 4.69) is 15.6 Å². The van der Waals surface area contributed by atoms with Crippen molar-refractivity contribution in [1.82, 2.24) is 10.6 Å². The van der Waals surface area contributed by atoms with Crippen LogP contribution >= 0.6 is 0 Å². The van der Waals surface area contributed by atoms with E-state index in [1.165, 1.54) is 6.92 Å². The van der Waals surface area contributed by atoms with Gasteiger partial charge in [0.25, 0.3) is 0 Å². The molecule has 0 saturated carbocycles. The average molecular weight is 358 g/mol. The molecule has 0 aliphatic carbocycles. The van der Waals surface area contributed by atoms with Gasteiger partial charge in [-0.25, -0.2) is 0 Å². The summed E-state index contributed by atoms with van der Waals surface area (Å²) in [5.41, 5.74) is 16.3. The molecule has 0 aliphatic heterocycles. The Morgan fingerprint density at radius 1 is 1.12 bits per heavy atom. The number of hydrogen-bond acceptors (Lipinski definition) is 5. The quantitative estimate of drug-likeness (QED) is 0.147. The first kappa shape index (κ1) is 22.6. The number of nitrogens with one attached hydrogen (secondary N) is 2. The van der Waals surface area contributed by atoms with Crippen LogP contribution in [0.5, 0.6) is 0 Å². The van der Waals surface area contributed by atoms with Gasteiger partial charge in [0.1, 0.15) is 12.1 Å². The second-order valence-electron chi connectivity index (χ2n) is 5.99. The molecular weight excluding hydrogens is 328 g/mol. The van der Waals surface area contributed by atoms with Gasteiger partial charge < -0.3 is 32.9 Å². The number of carbonyl (C=O) groups excluding carboxylic acids is 2. The van der Waals surface area contributed by atoms with Gasteiger partial charge in [0, 0.05) is 6.54 Å². The van der Waals surface area contributed by atoms with Crippen molar-refractivity contribution in [1.29, 1.82) is 0 Å². The number of carboxylic acid groups (broad SMARTS) is 1. The lowest BCUT2D eigenvalue weighted by molar-refractivity contribution is -0.141. The Morgan fingerprint density at radius 3 is 2.20 bits per heavy atom. The summed E-state index contributed by atoms with van der Waals surface area (Å²) in [6.45, 7) is 5.37. The SMILES string of the molecule is CC[C@H](C)[C@H](N)C(=O)N[C@@H](CCCN=C(N)N)C(=O)N[C@@H](C)C(=O)O. The Hall–Kier alpha value is -2.36. The van der Waals surface area contributed by atoms with E-state index in [9.17, 15) is 14.4 Å². The molecule has 0 bridgehead atoms. The Balaban J connectivity index is 4.92. The maximum atomic E-state index is 12.3. The van der Waals surface area contributed by atoms with E-state index in [0.29, 0.717) is 12.8 Å². The van der Waals surface area contributed by atoms with Gasteiger partial charge in [-0.15, -0.1) is 0 Å². The zero-order valence-electron chi connectivity index (χ0n) is 15.0. The molecule has 25 heavy (non-hydrogen) atoms. The van der Waals surface area contributed by atoms with Crippen molar-refractivity contribution < 1.29 is 19.5 Å². The van der Waals surface area contributed by atoms with E-state index in [-0.39, 0.29) is 24.8 Å². The Bertz CT molecular complexity index is 492. The predicted molar refractivity (Wildman–Crippen MR) is 94.5 cm³/mol. The average Bonchev–Trinajstić information content (AvgIpc) is 2.55. The van der Waals surface area contributed by atoms with Gasteiger partial charge >= 0.3 is 5.97 Å². The van der Waals surface area contributed by atoms with Gasteiger partial charge in [-0.3, -0.25) is 19.4 Å². The Morgan fingerprint density at radius 2 is 1.72 bits per heavy atom. The number of amides is 2. The van der Waals surface area contributed by atoms with Crippen LogP contribution in [-0.4, -0.2) is 53.5 Å². The number of hydrogen-bond donors (Lipinski definition) is 6. The first-order valence-corrected chi connectivity index (χ1v) is 8.24. The largest absolute Gasteiger partial charge is 0.480 e. The lowest BCUT2D eigenvalue weighted by atomic mass is 9.98. The highest BCUT2D eigenvalue weighted by atomic mass is 16.4. The lowest BCUT2D eigenvalue weighted by Gasteiger charge is -2.23. The Kier molecular flexibility index (Phi) is 10.2. The molecule has 10 nitrogen and oxygen atoms in total. The van der Waals surface area contributed by atoms with Crippen LogP contribution in [0.1, 0.15) is 40.0 Å². The lowest BCUT2D eigenvalue weighted by Crippen LogP contribution is -2.55. The molecule has 0 saturated heterocycles. The first-order valence-electron chi connectivity index (χ1n) is 8.24. The third-order valence-electron chi connectivity index (χ3n) is 3.87. The first-order chi connectivity index (χ1) is 11.6. The van der Waals surface area contributed by atoms with Crippen LogP contribution in [0.2, 0.25) is 0 Å². The van der Waals surface area contributed by atoms with Crippen LogP contribution in [0.15, 0.2) is 4.99 Å². The summed E-state index contributed by atoms with van der Waals surface area (Å²) in [7, 11) is 0. The van der Waals surface area contributed by atoms with Crippen molar-refractivity contribution >= 4 is 23.7 Å². The fourth-order valence-corrected chi connectivity index (χ4v) is 1.93. The zero-order chi connectivity index (χ0) is 19.6. The molecule has 0 radical (unpaired) electrons. The van der Waals surface area contributed by atoms with Gasteiger partial charge in [-0.2, -0.15) is 0 Å². The molecule has 2 amide bonds. The predicted octanol–water partition coefficient (Wildman–Crippen LogP) is -1.51. The number of guanidine groups is 1. The number of carbonyl (C=O) groups is 3. The van der Waals surface area contributed by atoms with E-state index >= 15 is 0 Å². The second kappa shape index (κ2) is 11.2. The fraction of sp³-hybridized carbons (Fsp3) is 0.733. The van der Waals surface area contributed by atoms with Crippen molar-refractivity contribution in [2.24, 2.45) is 28.1 Å². The maximum Gasteiger partial charge on any atom is 0.325 e. The molecule has 0 heterocycles. The summed E-state index contributed by atoms with van der Waals surface area (Å²) >= 11 is 0. The molecule has 0 aromatic heterocycles. The summed E-state index contributed by atoms with van der Waals surface area (Å²) in [6, 6.07) is -2.75. The highest BCUT2D eigenvalue weighted by Gasteiger charge is 2.27. The van der Waals surface area contributed by atoms with Crippen molar-refractivity contribution in [2.45, 2.75) is 58.2 Å². The Labute approximate surface area is 147 Å². The molecule has 0 rings (SSSR count). The van der Waals surface area contributed by atoms with E-state index in [1.807, 2.05) is 13.8 Å². The molecule has 9 N–H and O–H groups in total. The highest BCUT2D eigenvalue weighted by Crippen LogP contribution is 2.07. The van der Waals surface area contributed by atoms with Crippen LogP contribution in [0.4, 0.5) is 0 Å². The number of aliphatic imine (C=N–C) groups is 1. The minimum absolute atomic E-state index is 0.0525. The summed E-state index contributed by atoms with van der Waals surface area (Å²) in [6.07, 6.45) is 1.39. The minimum atomic E-state index is -1.17. The molecular formula is C15H30N6O4. The second-order valence-corrected chi connectivity index (χ2v) is 5.99. The number of nitrogens with zero attached hydrogens (tertiary/aromatic N) is 1. The molecule has 0 spiro atoms. The van der Waals surface area contributed by atoms with Crippen LogP contribution in [0, 0.1) is 5.92 Å². The molecule has 4 atom stereocenters. The van der Waals surface area contributed by atoms with Crippen LogP contribution < -0.4 is 27.8 Å². The van der Waals surface area contributed by atoms with Crippen molar-refractivity contribution in [2.75, 3.05) is 6.54 Å². The summed E-state index contributed by atoms with van der Waals surface area (Å²) in [5.74, 6) is -2.34. The van der Waals surface area contributed by atoms with E-state index in [1.54, 1.807) is 0 Å². The van der Waals surface area contributed by atoms with E-state index < -0.39 is 35.9 Å². The molecule has 0 aliphatic rings. The normalized spacial score (nSPS) is 15.4. The summed E-state index contributed by atoms with van der Waals surface area (Å²) in [4.78, 5) is 39.2. The minimum Gasteiger partial charge on any atom is -0.480 e. The molecule has 144 valence electrons. The third-order valence-corrected chi connectivity index (χ3v) is 3.87. The number of aliphatic carboxylic acids is 1. The maximum absolute atomic E-state index is 12.3. The highest BCUT2D eigenvalue weighted by molar-refractivity contribution is 5.91. The van der Waals surface area contributed by atoms with E-state index in [4.69, 9.17) is 22.3 Å². The fourth-order valence-electron chi connectivity index (χ4n) is 1.93. The summed E-state index contributed by atoms with van der Waals surface area (Å²) < 4.78 is 0. The van der Waals surface area contributed by atoms with Gasteiger partial charge in [0.15, 0.2) is 5.96 Å². The van der Waals surface area contributed by atoms with Crippen LogP contribution in [0.25, 0.3) is 0 Å². The standard InChI is InChI=1S/C15H30N6O4/c1-4-8(2)11(16)13(23)21-10(6-5-7-19-15(17)18)12(22)20-9(3)14(24)25/h8-11H,4-7,16H2,1-3H3,(H,20,22)(H,21,23)(H,24,25)(H4,17,18,19)/t8-,9-,10-,11-/m0/s1. The van der Waals surface area contributed by atoms with Gasteiger partial charge in [-0.1, -0.05) is 20.3 Å². The molecule has 0 unspecified atom stereocenters. The smallest absolute Gasteiger partial charge is 0.325 e. The molecule has 0 aromatic carbocycles. The van der Waals surface area contributed by atoms with Crippen molar-refractivity contribution in [3.8, 4) is 0 Å². The third kappa shape index (κ3) is 8.89.